The summed E-state index contributed by atoms with van der Waals surface area (Å²) in [5, 5.41) is 0. The lowest BCUT2D eigenvalue weighted by molar-refractivity contribution is 0.415. The molecular weight excluding hydrogens is 236 g/mol. The largest absolute Gasteiger partial charge is 0.497 e. The molecule has 19 heavy (non-hydrogen) atoms. The number of aromatic nitrogens is 2. The van der Waals surface area contributed by atoms with E-state index in [0.717, 1.165) is 22.7 Å². The molecule has 0 spiro atoms. The number of imidazole rings is 1. The number of methoxy groups -OCH3 is 1. The molecule has 0 aliphatic heterocycles. The van der Waals surface area contributed by atoms with Crippen molar-refractivity contribution in [3.05, 3.63) is 54.4 Å². The average Bonchev–Trinajstić information content (AvgIpc) is 2.86. The summed E-state index contributed by atoms with van der Waals surface area (Å²) in [4.78, 5) is 4.52. The van der Waals surface area contributed by atoms with Crippen LogP contribution in [0.3, 0.4) is 0 Å². The fourth-order valence-electron chi connectivity index (χ4n) is 2.09. The van der Waals surface area contributed by atoms with Gasteiger partial charge in [-0.1, -0.05) is 6.07 Å². The van der Waals surface area contributed by atoms with Crippen LogP contribution in [-0.4, -0.2) is 16.5 Å². The van der Waals surface area contributed by atoms with Crippen molar-refractivity contribution in [3.8, 4) is 29.5 Å². The van der Waals surface area contributed by atoms with E-state index in [4.69, 9.17) is 11.2 Å². The van der Waals surface area contributed by atoms with Gasteiger partial charge in [0.15, 0.2) is 0 Å². The monoisotopic (exact) mass is 248 g/mol. The third-order valence-electron chi connectivity index (χ3n) is 3.03. The van der Waals surface area contributed by atoms with E-state index >= 15 is 0 Å². The topological polar surface area (TPSA) is 26.5 Å². The summed E-state index contributed by atoms with van der Waals surface area (Å²) in [6.45, 7) is 0. The highest BCUT2D eigenvalue weighted by atomic mass is 16.5. The second-order valence-electron chi connectivity index (χ2n) is 4.11. The van der Waals surface area contributed by atoms with Crippen molar-refractivity contribution in [3.63, 3.8) is 0 Å². The van der Waals surface area contributed by atoms with E-state index in [-0.39, 0.29) is 0 Å². The highest BCUT2D eigenvalue weighted by molar-refractivity contribution is 5.69. The van der Waals surface area contributed by atoms with Gasteiger partial charge >= 0.3 is 0 Å². The molecule has 0 N–H and O–H groups in total. The zero-order valence-corrected chi connectivity index (χ0v) is 10.5. The van der Waals surface area contributed by atoms with E-state index in [0.29, 0.717) is 5.69 Å². The summed E-state index contributed by atoms with van der Waals surface area (Å²) in [6.07, 6.45) is 7.47. The van der Waals surface area contributed by atoms with Crippen molar-refractivity contribution in [1.82, 2.24) is 9.38 Å². The third kappa shape index (κ3) is 1.84. The van der Waals surface area contributed by atoms with E-state index in [2.05, 4.69) is 10.9 Å². The molecule has 2 aromatic heterocycles. The summed E-state index contributed by atoms with van der Waals surface area (Å²) >= 11 is 0. The van der Waals surface area contributed by atoms with Gasteiger partial charge in [-0.05, 0) is 42.3 Å². The van der Waals surface area contributed by atoms with Gasteiger partial charge in [0.2, 0.25) is 0 Å². The molecule has 2 heterocycles. The molecule has 0 aliphatic carbocycles. The third-order valence-corrected chi connectivity index (χ3v) is 3.03. The van der Waals surface area contributed by atoms with Gasteiger partial charge in [0.25, 0.3) is 0 Å². The lowest BCUT2D eigenvalue weighted by Gasteiger charge is -2.02. The van der Waals surface area contributed by atoms with E-state index < -0.39 is 0 Å². The fraction of sp³-hybridized carbons (Fsp3) is 0.0625. The van der Waals surface area contributed by atoms with E-state index in [1.54, 1.807) is 7.11 Å². The lowest BCUT2D eigenvalue weighted by atomic mass is 10.2. The molecule has 0 saturated heterocycles. The van der Waals surface area contributed by atoms with Crippen molar-refractivity contribution < 1.29 is 4.74 Å². The first kappa shape index (κ1) is 11.4. The van der Waals surface area contributed by atoms with Crippen molar-refractivity contribution in [2.75, 3.05) is 7.11 Å². The second-order valence-corrected chi connectivity index (χ2v) is 4.11. The Labute approximate surface area is 111 Å². The molecule has 0 radical (unpaired) electrons. The van der Waals surface area contributed by atoms with Gasteiger partial charge in [0.05, 0.1) is 12.6 Å². The van der Waals surface area contributed by atoms with Crippen LogP contribution >= 0.6 is 0 Å². The lowest BCUT2D eigenvalue weighted by Crippen LogP contribution is -1.89. The molecule has 3 heteroatoms. The molecule has 0 aliphatic rings. The molecule has 0 saturated carbocycles. The van der Waals surface area contributed by atoms with Gasteiger partial charge in [0.1, 0.15) is 17.3 Å². The minimum Gasteiger partial charge on any atom is -0.497 e. The summed E-state index contributed by atoms with van der Waals surface area (Å²) in [5.74, 6) is 4.29. The normalized spacial score (nSPS) is 10.3. The number of nitrogens with zero attached hydrogens (tertiary/aromatic N) is 2. The maximum Gasteiger partial charge on any atom is 0.146 e. The molecule has 0 atom stereocenters. The molecule has 0 unspecified atom stereocenters. The van der Waals surface area contributed by atoms with Crippen LogP contribution < -0.4 is 4.74 Å². The number of hydrogen-bond donors (Lipinski definition) is 0. The highest BCUT2D eigenvalue weighted by Crippen LogP contribution is 2.24. The van der Waals surface area contributed by atoms with Crippen LogP contribution in [0.25, 0.3) is 16.9 Å². The van der Waals surface area contributed by atoms with E-state index in [9.17, 15) is 0 Å². The van der Waals surface area contributed by atoms with Crippen LogP contribution in [0.4, 0.5) is 0 Å². The second kappa shape index (κ2) is 4.51. The van der Waals surface area contributed by atoms with Crippen molar-refractivity contribution >= 4 is 5.52 Å². The Morgan fingerprint density at radius 2 is 1.95 bits per heavy atom. The zero-order chi connectivity index (χ0) is 13.2. The number of hydrogen-bond acceptors (Lipinski definition) is 2. The first-order valence-electron chi connectivity index (χ1n) is 5.91. The minimum atomic E-state index is 0.659. The number of benzene rings is 1. The maximum atomic E-state index is 5.51. The van der Waals surface area contributed by atoms with Crippen LogP contribution in [0.15, 0.2) is 48.7 Å². The van der Waals surface area contributed by atoms with Gasteiger partial charge in [-0.15, -0.1) is 6.42 Å². The number of terminal acetylenes is 1. The highest BCUT2D eigenvalue weighted by Gasteiger charge is 2.10. The minimum absolute atomic E-state index is 0.659. The summed E-state index contributed by atoms with van der Waals surface area (Å²) < 4.78 is 7.16. The number of fused-ring (bicyclic) bond motifs is 1. The van der Waals surface area contributed by atoms with Gasteiger partial charge < -0.3 is 4.74 Å². The van der Waals surface area contributed by atoms with Gasteiger partial charge in [-0.25, -0.2) is 4.98 Å². The molecule has 92 valence electrons. The zero-order valence-electron chi connectivity index (χ0n) is 10.5. The average molecular weight is 248 g/mol. The Hall–Kier alpha value is -2.73. The Bertz CT molecular complexity index is 764. The van der Waals surface area contributed by atoms with Gasteiger partial charge in [0, 0.05) is 11.8 Å². The van der Waals surface area contributed by atoms with Crippen LogP contribution in [0.5, 0.6) is 5.75 Å². The predicted molar refractivity (Wildman–Crippen MR) is 75.1 cm³/mol. The number of rotatable bonds is 2. The molecule has 0 bridgehead atoms. The summed E-state index contributed by atoms with van der Waals surface area (Å²) in [7, 11) is 1.65. The predicted octanol–water partition coefficient (Wildman–Crippen LogP) is 2.99. The standard InChI is InChI=1S/C16H12N2O/c1-3-14-15-6-4-5-11-18(15)16(17-14)12-7-9-13(19-2)10-8-12/h1,4-11H,2H3. The van der Waals surface area contributed by atoms with Gasteiger partial charge in [-0.2, -0.15) is 0 Å². The van der Waals surface area contributed by atoms with Crippen molar-refractivity contribution in [2.24, 2.45) is 0 Å². The van der Waals surface area contributed by atoms with Crippen LogP contribution in [0, 0.1) is 12.3 Å². The van der Waals surface area contributed by atoms with Crippen LogP contribution in [0.1, 0.15) is 5.69 Å². The Kier molecular flexibility index (Phi) is 2.70. The maximum absolute atomic E-state index is 5.51. The molecule has 3 aromatic rings. The van der Waals surface area contributed by atoms with Gasteiger partial charge in [-0.3, -0.25) is 4.40 Å². The molecule has 3 rings (SSSR count). The van der Waals surface area contributed by atoms with E-state index in [1.165, 1.54) is 0 Å². The molecule has 1 aromatic carbocycles. The summed E-state index contributed by atoms with van der Waals surface area (Å²) in [6, 6.07) is 13.7. The first-order chi connectivity index (χ1) is 9.33. The molecule has 0 amide bonds. The number of ether oxygens (including phenoxy) is 1. The van der Waals surface area contributed by atoms with Crippen molar-refractivity contribution in [1.29, 1.82) is 0 Å². The Morgan fingerprint density at radius 3 is 2.63 bits per heavy atom. The van der Waals surface area contributed by atoms with E-state index in [1.807, 2.05) is 53.1 Å². The SMILES string of the molecule is C#Cc1nc(-c2ccc(OC)cc2)n2ccccc12. The molecule has 0 fully saturated rings. The van der Waals surface area contributed by atoms with Crippen molar-refractivity contribution in [2.45, 2.75) is 0 Å². The Balaban J connectivity index is 2.22. The number of pyridine rings is 1. The first-order valence-corrected chi connectivity index (χ1v) is 5.91. The van der Waals surface area contributed by atoms with Crippen LogP contribution in [0.2, 0.25) is 0 Å². The van der Waals surface area contributed by atoms with Crippen LogP contribution in [-0.2, 0) is 0 Å². The summed E-state index contributed by atoms with van der Waals surface area (Å²) in [5.41, 5.74) is 2.60. The quantitative estimate of drug-likeness (QED) is 0.652. The Morgan fingerprint density at radius 1 is 1.16 bits per heavy atom. The molecule has 3 nitrogen and oxygen atoms in total. The fourth-order valence-corrected chi connectivity index (χ4v) is 2.09. The smallest absolute Gasteiger partial charge is 0.146 e. The molecular formula is C16H12N2O.